The zero-order chi connectivity index (χ0) is 11.9. The minimum absolute atomic E-state index is 0.640. The molecule has 1 aromatic heterocycles. The van der Waals surface area contributed by atoms with E-state index in [1.165, 1.54) is 5.56 Å². The molecule has 0 bridgehead atoms. The third kappa shape index (κ3) is 3.12. The summed E-state index contributed by atoms with van der Waals surface area (Å²) in [5.74, 6) is 0. The van der Waals surface area contributed by atoms with Crippen molar-refractivity contribution in [3.8, 4) is 0 Å². The molecule has 4 nitrogen and oxygen atoms in total. The van der Waals surface area contributed by atoms with Gasteiger partial charge >= 0.3 is 0 Å². The van der Waals surface area contributed by atoms with Gasteiger partial charge in [-0.25, -0.2) is 0 Å². The van der Waals surface area contributed by atoms with E-state index in [1.807, 2.05) is 54.6 Å². The fourth-order valence-electron chi connectivity index (χ4n) is 1.40. The van der Waals surface area contributed by atoms with Crippen LogP contribution in [0.25, 0.3) is 11.0 Å². The van der Waals surface area contributed by atoms with Crippen LogP contribution >= 0.6 is 0 Å². The van der Waals surface area contributed by atoms with Gasteiger partial charge in [-0.15, -0.1) is 5.10 Å². The quantitative estimate of drug-likeness (QED) is 0.667. The van der Waals surface area contributed by atoms with E-state index in [9.17, 15) is 0 Å². The van der Waals surface area contributed by atoms with Gasteiger partial charge in [0.25, 0.3) is 0 Å². The Hall–Kier alpha value is -2.20. The highest BCUT2D eigenvalue weighted by atomic mass is 15.3. The van der Waals surface area contributed by atoms with Crippen molar-refractivity contribution in [1.82, 2.24) is 15.4 Å². The van der Waals surface area contributed by atoms with Gasteiger partial charge in [0.05, 0.1) is 5.52 Å². The first kappa shape index (κ1) is 11.3. The lowest BCUT2D eigenvalue weighted by atomic mass is 10.2. The Morgan fingerprint density at radius 1 is 0.941 bits per heavy atom. The Morgan fingerprint density at radius 2 is 1.65 bits per heavy atom. The summed E-state index contributed by atoms with van der Waals surface area (Å²) in [6, 6.07) is 17.7. The van der Waals surface area contributed by atoms with Gasteiger partial charge < -0.3 is 5.73 Å². The van der Waals surface area contributed by atoms with Crippen molar-refractivity contribution in [2.24, 2.45) is 5.73 Å². The Balaban J connectivity index is 0.000000128. The van der Waals surface area contributed by atoms with Gasteiger partial charge in [0.15, 0.2) is 0 Å². The van der Waals surface area contributed by atoms with Gasteiger partial charge in [-0.2, -0.15) is 0 Å². The van der Waals surface area contributed by atoms with Crippen LogP contribution in [0.1, 0.15) is 5.56 Å². The van der Waals surface area contributed by atoms with Crippen molar-refractivity contribution in [2.45, 2.75) is 6.54 Å². The third-order valence-electron chi connectivity index (χ3n) is 2.31. The average Bonchev–Trinajstić information content (AvgIpc) is 2.89. The summed E-state index contributed by atoms with van der Waals surface area (Å²) in [6.07, 6.45) is 0. The predicted octanol–water partition coefficient (Wildman–Crippen LogP) is 2.10. The number of fused-ring (bicyclic) bond motifs is 1. The molecule has 0 unspecified atom stereocenters. The van der Waals surface area contributed by atoms with Crippen LogP contribution in [-0.2, 0) is 6.54 Å². The summed E-state index contributed by atoms with van der Waals surface area (Å²) in [6.45, 7) is 0.640. The van der Waals surface area contributed by atoms with Crippen LogP contribution in [0.15, 0.2) is 54.6 Å². The first-order chi connectivity index (χ1) is 8.40. The lowest BCUT2D eigenvalue weighted by Gasteiger charge is -1.90. The number of hydrogen-bond acceptors (Lipinski definition) is 3. The summed E-state index contributed by atoms with van der Waals surface area (Å²) in [7, 11) is 0. The first-order valence-electron chi connectivity index (χ1n) is 5.40. The molecule has 2 aromatic carbocycles. The summed E-state index contributed by atoms with van der Waals surface area (Å²) < 4.78 is 0. The molecule has 0 amide bonds. The number of benzene rings is 2. The number of aromatic amines is 1. The van der Waals surface area contributed by atoms with Gasteiger partial charge in [0.2, 0.25) is 0 Å². The van der Waals surface area contributed by atoms with Crippen molar-refractivity contribution < 1.29 is 0 Å². The monoisotopic (exact) mass is 226 g/mol. The zero-order valence-corrected chi connectivity index (χ0v) is 9.38. The minimum Gasteiger partial charge on any atom is -0.326 e. The number of rotatable bonds is 1. The Kier molecular flexibility index (Phi) is 3.83. The number of H-pyrrole nitrogens is 1. The molecule has 3 rings (SSSR count). The molecular formula is C13H14N4. The topological polar surface area (TPSA) is 67.6 Å². The lowest BCUT2D eigenvalue weighted by Crippen LogP contribution is -1.94. The number of nitrogens with two attached hydrogens (primary N) is 1. The average molecular weight is 226 g/mol. The second-order valence-corrected chi connectivity index (χ2v) is 3.52. The highest BCUT2D eigenvalue weighted by molar-refractivity contribution is 5.72. The molecule has 1 heterocycles. The fraction of sp³-hybridized carbons (Fsp3) is 0.0769. The fourth-order valence-corrected chi connectivity index (χ4v) is 1.40. The van der Waals surface area contributed by atoms with Crippen LogP contribution in [-0.4, -0.2) is 15.4 Å². The van der Waals surface area contributed by atoms with Gasteiger partial charge in [0, 0.05) is 6.54 Å². The third-order valence-corrected chi connectivity index (χ3v) is 2.31. The maximum Gasteiger partial charge on any atom is 0.112 e. The van der Waals surface area contributed by atoms with E-state index in [-0.39, 0.29) is 0 Å². The van der Waals surface area contributed by atoms with E-state index < -0.39 is 0 Å². The molecule has 0 atom stereocenters. The van der Waals surface area contributed by atoms with E-state index in [0.717, 1.165) is 11.0 Å². The number of para-hydroxylation sites is 1. The van der Waals surface area contributed by atoms with Crippen LogP contribution in [0.2, 0.25) is 0 Å². The molecule has 3 N–H and O–H groups in total. The second-order valence-electron chi connectivity index (χ2n) is 3.52. The summed E-state index contributed by atoms with van der Waals surface area (Å²) in [4.78, 5) is 0. The molecule has 0 radical (unpaired) electrons. The van der Waals surface area contributed by atoms with Crippen molar-refractivity contribution in [3.63, 3.8) is 0 Å². The van der Waals surface area contributed by atoms with E-state index in [1.54, 1.807) is 0 Å². The van der Waals surface area contributed by atoms with Crippen molar-refractivity contribution in [2.75, 3.05) is 0 Å². The molecule has 86 valence electrons. The Labute approximate surface area is 99.5 Å². The molecule has 3 aromatic rings. The van der Waals surface area contributed by atoms with Crippen LogP contribution < -0.4 is 5.73 Å². The summed E-state index contributed by atoms with van der Waals surface area (Å²) >= 11 is 0. The summed E-state index contributed by atoms with van der Waals surface area (Å²) in [5, 5.41) is 10.2. The van der Waals surface area contributed by atoms with Gasteiger partial charge in [-0.3, -0.25) is 5.10 Å². The standard InChI is InChI=1S/C7H9N.C6H5N3/c8-6-7-4-2-1-3-5-7;1-2-4-6-5(3-1)7-9-8-6/h1-5H,6,8H2;1-4H,(H,7,8,9). The maximum absolute atomic E-state index is 5.35. The van der Waals surface area contributed by atoms with Crippen LogP contribution in [0, 0.1) is 0 Å². The Bertz CT molecular complexity index is 529. The predicted molar refractivity (Wildman–Crippen MR) is 68.2 cm³/mol. The first-order valence-corrected chi connectivity index (χ1v) is 5.40. The SMILES string of the molecule is NCc1ccccc1.c1ccc2[nH]nnc2c1. The second kappa shape index (κ2) is 5.77. The highest BCUT2D eigenvalue weighted by Gasteiger charge is 1.90. The van der Waals surface area contributed by atoms with E-state index in [0.29, 0.717) is 6.54 Å². The minimum atomic E-state index is 0.640. The molecule has 0 spiro atoms. The normalized spacial score (nSPS) is 9.71. The van der Waals surface area contributed by atoms with Crippen molar-refractivity contribution >= 4 is 11.0 Å². The van der Waals surface area contributed by atoms with Crippen LogP contribution in [0.5, 0.6) is 0 Å². The smallest absolute Gasteiger partial charge is 0.112 e. The molecule has 4 heteroatoms. The molecule has 0 aliphatic carbocycles. The summed E-state index contributed by atoms with van der Waals surface area (Å²) in [5.41, 5.74) is 8.44. The molecule has 0 saturated heterocycles. The number of nitrogens with zero attached hydrogens (tertiary/aromatic N) is 2. The maximum atomic E-state index is 5.35. The van der Waals surface area contributed by atoms with Gasteiger partial charge in [-0.1, -0.05) is 47.7 Å². The van der Waals surface area contributed by atoms with E-state index in [2.05, 4.69) is 15.4 Å². The van der Waals surface area contributed by atoms with Crippen molar-refractivity contribution in [1.29, 1.82) is 0 Å². The number of nitrogens with one attached hydrogen (secondary N) is 1. The van der Waals surface area contributed by atoms with Gasteiger partial charge in [0.1, 0.15) is 5.52 Å². The van der Waals surface area contributed by atoms with Crippen LogP contribution in [0.4, 0.5) is 0 Å². The van der Waals surface area contributed by atoms with E-state index >= 15 is 0 Å². The number of hydrogen-bond donors (Lipinski definition) is 2. The van der Waals surface area contributed by atoms with Crippen molar-refractivity contribution in [3.05, 3.63) is 60.2 Å². The molecule has 0 aliphatic rings. The van der Waals surface area contributed by atoms with Crippen LogP contribution in [0.3, 0.4) is 0 Å². The number of aromatic nitrogens is 3. The highest BCUT2D eigenvalue weighted by Crippen LogP contribution is 2.03. The van der Waals surface area contributed by atoms with Gasteiger partial charge in [-0.05, 0) is 17.7 Å². The molecular weight excluding hydrogens is 212 g/mol. The largest absolute Gasteiger partial charge is 0.326 e. The molecule has 0 fully saturated rings. The van der Waals surface area contributed by atoms with E-state index in [4.69, 9.17) is 5.73 Å². The molecule has 17 heavy (non-hydrogen) atoms. The molecule has 0 aliphatic heterocycles. The molecule has 0 saturated carbocycles. The zero-order valence-electron chi connectivity index (χ0n) is 9.38. The lowest BCUT2D eigenvalue weighted by molar-refractivity contribution is 0.959. The Morgan fingerprint density at radius 3 is 2.29 bits per heavy atom.